The number of benzene rings is 1. The molecule has 4 nitrogen and oxygen atoms in total. The molecule has 0 aliphatic heterocycles. The molecular weight excluding hydrogens is 242 g/mol. The molecule has 0 radical (unpaired) electrons. The molecule has 19 heavy (non-hydrogen) atoms. The van der Waals surface area contributed by atoms with Crippen LogP contribution < -0.4 is 10.1 Å². The quantitative estimate of drug-likeness (QED) is 0.828. The fourth-order valence-electron chi connectivity index (χ4n) is 1.98. The average molecular weight is 265 g/mol. The molecule has 1 aromatic rings. The highest BCUT2D eigenvalue weighted by Crippen LogP contribution is 2.19. The van der Waals surface area contributed by atoms with Gasteiger partial charge in [0, 0.05) is 5.56 Å². The summed E-state index contributed by atoms with van der Waals surface area (Å²) in [6.45, 7) is 6.00. The van der Waals surface area contributed by atoms with Crippen molar-refractivity contribution in [2.75, 3.05) is 13.7 Å². The molecule has 4 heteroatoms. The minimum Gasteiger partial charge on any atom is -0.496 e. The number of carbonyl (C=O) groups is 1. The van der Waals surface area contributed by atoms with Crippen LogP contribution in [0.15, 0.2) is 18.2 Å². The van der Waals surface area contributed by atoms with Gasteiger partial charge in [0.25, 0.3) is 5.91 Å². The summed E-state index contributed by atoms with van der Waals surface area (Å²) in [5.74, 6) is 0.931. The van der Waals surface area contributed by atoms with Gasteiger partial charge in [-0.15, -0.1) is 0 Å². The van der Waals surface area contributed by atoms with Crippen LogP contribution in [-0.4, -0.2) is 30.8 Å². The predicted octanol–water partition coefficient (Wildman–Crippen LogP) is 2.14. The highest BCUT2D eigenvalue weighted by atomic mass is 16.5. The van der Waals surface area contributed by atoms with E-state index in [1.165, 1.54) is 0 Å². The van der Waals surface area contributed by atoms with Gasteiger partial charge in [-0.25, -0.2) is 0 Å². The van der Waals surface area contributed by atoms with E-state index >= 15 is 0 Å². The van der Waals surface area contributed by atoms with E-state index < -0.39 is 0 Å². The molecule has 0 saturated heterocycles. The lowest BCUT2D eigenvalue weighted by molar-refractivity contribution is 0.0908. The third-order valence-corrected chi connectivity index (χ3v) is 2.98. The SMILES string of the molecule is COc1cc(C(=O)NC(CO)CC(C)C)ccc1C. The second kappa shape index (κ2) is 7.14. The molecular formula is C15H23NO3. The molecule has 1 atom stereocenters. The van der Waals surface area contributed by atoms with Gasteiger partial charge in [0.05, 0.1) is 19.8 Å². The number of methoxy groups -OCH3 is 1. The fourth-order valence-corrected chi connectivity index (χ4v) is 1.98. The normalized spacial score (nSPS) is 12.3. The van der Waals surface area contributed by atoms with Gasteiger partial charge < -0.3 is 15.2 Å². The highest BCUT2D eigenvalue weighted by molar-refractivity contribution is 5.94. The van der Waals surface area contributed by atoms with Crippen molar-refractivity contribution in [1.29, 1.82) is 0 Å². The molecule has 0 saturated carbocycles. The van der Waals surface area contributed by atoms with Crippen molar-refractivity contribution in [2.24, 2.45) is 5.92 Å². The maximum atomic E-state index is 12.1. The van der Waals surface area contributed by atoms with E-state index in [9.17, 15) is 9.90 Å². The van der Waals surface area contributed by atoms with Gasteiger partial charge in [-0.3, -0.25) is 4.79 Å². The van der Waals surface area contributed by atoms with Gasteiger partial charge in [0.2, 0.25) is 0 Å². The molecule has 1 amide bonds. The highest BCUT2D eigenvalue weighted by Gasteiger charge is 2.15. The van der Waals surface area contributed by atoms with E-state index in [1.54, 1.807) is 19.2 Å². The molecule has 0 heterocycles. The van der Waals surface area contributed by atoms with E-state index in [-0.39, 0.29) is 18.6 Å². The number of amides is 1. The number of rotatable bonds is 6. The zero-order chi connectivity index (χ0) is 14.4. The second-order valence-corrected chi connectivity index (χ2v) is 5.17. The largest absolute Gasteiger partial charge is 0.496 e. The maximum Gasteiger partial charge on any atom is 0.251 e. The number of hydrogen-bond acceptors (Lipinski definition) is 3. The third kappa shape index (κ3) is 4.56. The summed E-state index contributed by atoms with van der Waals surface area (Å²) in [4.78, 5) is 12.1. The maximum absolute atomic E-state index is 12.1. The van der Waals surface area contributed by atoms with Crippen LogP contribution in [0.1, 0.15) is 36.2 Å². The van der Waals surface area contributed by atoms with Crippen molar-refractivity contribution in [3.63, 3.8) is 0 Å². The first-order valence-corrected chi connectivity index (χ1v) is 6.54. The number of aliphatic hydroxyl groups excluding tert-OH is 1. The van der Waals surface area contributed by atoms with Crippen LogP contribution in [0.2, 0.25) is 0 Å². The summed E-state index contributed by atoms with van der Waals surface area (Å²) in [7, 11) is 1.58. The first-order valence-electron chi connectivity index (χ1n) is 6.54. The monoisotopic (exact) mass is 265 g/mol. The van der Waals surface area contributed by atoms with Crippen LogP contribution in [0.5, 0.6) is 5.75 Å². The first-order chi connectivity index (χ1) is 8.97. The first kappa shape index (κ1) is 15.5. The van der Waals surface area contributed by atoms with Gasteiger partial charge in [-0.1, -0.05) is 19.9 Å². The number of aryl methyl sites for hydroxylation is 1. The van der Waals surface area contributed by atoms with Crippen molar-refractivity contribution in [3.8, 4) is 5.75 Å². The Balaban J connectivity index is 2.77. The number of carbonyl (C=O) groups excluding carboxylic acids is 1. The molecule has 1 aromatic carbocycles. The Morgan fingerprint density at radius 2 is 2.11 bits per heavy atom. The molecule has 0 aliphatic rings. The van der Waals surface area contributed by atoms with E-state index in [0.29, 0.717) is 17.2 Å². The molecule has 106 valence electrons. The summed E-state index contributed by atoms with van der Waals surface area (Å²) in [5, 5.41) is 12.1. The zero-order valence-corrected chi connectivity index (χ0v) is 12.1. The predicted molar refractivity (Wildman–Crippen MR) is 75.5 cm³/mol. The van der Waals surface area contributed by atoms with Crippen molar-refractivity contribution < 1.29 is 14.6 Å². The Morgan fingerprint density at radius 1 is 1.42 bits per heavy atom. The molecule has 0 aliphatic carbocycles. The van der Waals surface area contributed by atoms with Crippen LogP contribution in [0.3, 0.4) is 0 Å². The van der Waals surface area contributed by atoms with Gasteiger partial charge in [0.15, 0.2) is 0 Å². The van der Waals surface area contributed by atoms with Crippen LogP contribution in [0, 0.1) is 12.8 Å². The molecule has 1 unspecified atom stereocenters. The lowest BCUT2D eigenvalue weighted by Gasteiger charge is -2.18. The van der Waals surface area contributed by atoms with Crippen LogP contribution in [0.4, 0.5) is 0 Å². The molecule has 1 rings (SSSR count). The lowest BCUT2D eigenvalue weighted by Crippen LogP contribution is -2.38. The third-order valence-electron chi connectivity index (χ3n) is 2.98. The Morgan fingerprint density at radius 3 is 2.63 bits per heavy atom. The molecule has 0 spiro atoms. The Bertz CT molecular complexity index is 429. The van der Waals surface area contributed by atoms with Crippen molar-refractivity contribution in [3.05, 3.63) is 29.3 Å². The van der Waals surface area contributed by atoms with E-state index in [4.69, 9.17) is 4.74 Å². The summed E-state index contributed by atoms with van der Waals surface area (Å²) in [6.07, 6.45) is 0.755. The molecule has 0 aromatic heterocycles. The molecule has 0 bridgehead atoms. The van der Waals surface area contributed by atoms with Crippen LogP contribution in [0.25, 0.3) is 0 Å². The van der Waals surface area contributed by atoms with Crippen molar-refractivity contribution >= 4 is 5.91 Å². The second-order valence-electron chi connectivity index (χ2n) is 5.17. The Hall–Kier alpha value is -1.55. The van der Waals surface area contributed by atoms with Gasteiger partial charge in [0.1, 0.15) is 5.75 Å². The van der Waals surface area contributed by atoms with Gasteiger partial charge in [-0.05, 0) is 37.0 Å². The fraction of sp³-hybridized carbons (Fsp3) is 0.533. The number of nitrogens with one attached hydrogen (secondary N) is 1. The van der Waals surface area contributed by atoms with E-state index in [2.05, 4.69) is 19.2 Å². The van der Waals surface area contributed by atoms with Crippen LogP contribution >= 0.6 is 0 Å². The smallest absolute Gasteiger partial charge is 0.251 e. The summed E-state index contributed by atoms with van der Waals surface area (Å²) >= 11 is 0. The number of ether oxygens (including phenoxy) is 1. The number of hydrogen-bond donors (Lipinski definition) is 2. The summed E-state index contributed by atoms with van der Waals surface area (Å²) in [5.41, 5.74) is 1.53. The van der Waals surface area contributed by atoms with Gasteiger partial charge >= 0.3 is 0 Å². The summed E-state index contributed by atoms with van der Waals surface area (Å²) < 4.78 is 5.20. The van der Waals surface area contributed by atoms with Gasteiger partial charge in [-0.2, -0.15) is 0 Å². The average Bonchev–Trinajstić information content (AvgIpc) is 2.37. The van der Waals surface area contributed by atoms with E-state index in [0.717, 1.165) is 12.0 Å². The molecule has 2 N–H and O–H groups in total. The lowest BCUT2D eigenvalue weighted by atomic mass is 10.0. The minimum atomic E-state index is -0.209. The van der Waals surface area contributed by atoms with Crippen molar-refractivity contribution in [2.45, 2.75) is 33.2 Å². The Kier molecular flexibility index (Phi) is 5.83. The molecule has 0 fully saturated rings. The summed E-state index contributed by atoms with van der Waals surface area (Å²) in [6, 6.07) is 5.12. The topological polar surface area (TPSA) is 58.6 Å². The number of aliphatic hydroxyl groups is 1. The van der Waals surface area contributed by atoms with E-state index in [1.807, 2.05) is 13.0 Å². The van der Waals surface area contributed by atoms with Crippen LogP contribution in [-0.2, 0) is 0 Å². The minimum absolute atomic E-state index is 0.0487. The Labute approximate surface area is 114 Å². The standard InChI is InChI=1S/C15H23NO3/c1-10(2)7-13(9-17)16-15(18)12-6-5-11(3)14(8-12)19-4/h5-6,8,10,13,17H,7,9H2,1-4H3,(H,16,18). The zero-order valence-electron chi connectivity index (χ0n) is 12.1. The van der Waals surface area contributed by atoms with Crippen molar-refractivity contribution in [1.82, 2.24) is 5.32 Å².